The highest BCUT2D eigenvalue weighted by Crippen LogP contribution is 2.39. The number of benzene rings is 2. The molecule has 0 bridgehead atoms. The molecule has 2 aliphatic heterocycles. The Morgan fingerprint density at radius 2 is 1.74 bits per heavy atom. The first-order chi connectivity index (χ1) is 13.1. The van der Waals surface area contributed by atoms with Crippen LogP contribution in [0.1, 0.15) is 29.5 Å². The van der Waals surface area contributed by atoms with E-state index in [1.54, 1.807) is 0 Å². The molecule has 140 valence electrons. The van der Waals surface area contributed by atoms with Crippen molar-refractivity contribution >= 4 is 33.5 Å². The first kappa shape index (κ1) is 16.7. The number of rotatable bonds is 1. The van der Waals surface area contributed by atoms with Gasteiger partial charge in [-0.05, 0) is 62.4 Å². The monoisotopic (exact) mass is 360 g/mol. The highest BCUT2D eigenvalue weighted by Gasteiger charge is 2.28. The Kier molecular flexibility index (Phi) is 3.71. The molecule has 3 heterocycles. The first-order valence-electron chi connectivity index (χ1n) is 10.1. The normalized spacial score (nSPS) is 17.6. The predicted octanol–water partition coefficient (Wildman–Crippen LogP) is 4.53. The Balaban J connectivity index is 1.80. The molecule has 3 aromatic rings. The van der Waals surface area contributed by atoms with Crippen molar-refractivity contribution in [2.24, 2.45) is 12.0 Å². The zero-order valence-electron chi connectivity index (χ0n) is 16.8. The van der Waals surface area contributed by atoms with Gasteiger partial charge in [0.15, 0.2) is 0 Å². The largest absolute Gasteiger partial charge is 0.343 e. The topological polar surface area (TPSA) is 23.8 Å². The standard InChI is InChI=1S/C23H28N4/c1-15-8-7-9-18-20(15)21-16(2)14-19(17(3)22(21)25(18)4)27-12-6-5-11-26-13-10-24-23(26)27/h7-9,14H,5-6,10-13H2,1-4H3. The Hall–Kier alpha value is -2.49. The average Bonchev–Trinajstić information content (AvgIpc) is 3.17. The molecule has 5 rings (SSSR count). The van der Waals surface area contributed by atoms with Crippen LogP contribution in [0.5, 0.6) is 0 Å². The lowest BCUT2D eigenvalue weighted by molar-refractivity contribution is 0.451. The number of hydrogen-bond acceptors (Lipinski definition) is 3. The van der Waals surface area contributed by atoms with E-state index in [1.807, 2.05) is 0 Å². The van der Waals surface area contributed by atoms with Crippen molar-refractivity contribution in [2.45, 2.75) is 33.6 Å². The second-order valence-electron chi connectivity index (χ2n) is 8.12. The minimum atomic E-state index is 0.930. The van der Waals surface area contributed by atoms with Gasteiger partial charge in [0, 0.05) is 48.7 Å². The molecule has 0 atom stereocenters. The van der Waals surface area contributed by atoms with E-state index in [0.717, 1.165) is 26.2 Å². The van der Waals surface area contributed by atoms with Crippen molar-refractivity contribution in [3.8, 4) is 0 Å². The van der Waals surface area contributed by atoms with Gasteiger partial charge in [-0.25, -0.2) is 0 Å². The number of guanidine groups is 1. The second-order valence-corrected chi connectivity index (χ2v) is 8.12. The van der Waals surface area contributed by atoms with E-state index in [0.29, 0.717) is 0 Å². The van der Waals surface area contributed by atoms with Crippen molar-refractivity contribution in [2.75, 3.05) is 31.1 Å². The maximum absolute atomic E-state index is 4.87. The Bertz CT molecular complexity index is 1090. The minimum absolute atomic E-state index is 0.930. The van der Waals surface area contributed by atoms with Crippen LogP contribution in [0, 0.1) is 20.8 Å². The van der Waals surface area contributed by atoms with Crippen molar-refractivity contribution in [1.29, 1.82) is 0 Å². The maximum atomic E-state index is 4.87. The predicted molar refractivity (Wildman–Crippen MR) is 115 cm³/mol. The lowest BCUT2D eigenvalue weighted by atomic mass is 9.99. The molecule has 1 saturated heterocycles. The van der Waals surface area contributed by atoms with Gasteiger partial charge in [0.1, 0.15) is 0 Å². The summed E-state index contributed by atoms with van der Waals surface area (Å²) in [5.74, 6) is 1.18. The lowest BCUT2D eigenvalue weighted by Gasteiger charge is -2.29. The van der Waals surface area contributed by atoms with Gasteiger partial charge in [0.25, 0.3) is 0 Å². The molecular weight excluding hydrogens is 332 g/mol. The van der Waals surface area contributed by atoms with E-state index in [9.17, 15) is 0 Å². The van der Waals surface area contributed by atoms with Crippen LogP contribution in [-0.4, -0.2) is 41.6 Å². The van der Waals surface area contributed by atoms with Gasteiger partial charge in [-0.3, -0.25) is 4.99 Å². The first-order valence-corrected chi connectivity index (χ1v) is 10.1. The molecule has 4 heteroatoms. The molecule has 0 saturated carbocycles. The molecule has 4 nitrogen and oxygen atoms in total. The minimum Gasteiger partial charge on any atom is -0.343 e. The van der Waals surface area contributed by atoms with Crippen molar-refractivity contribution in [3.63, 3.8) is 0 Å². The van der Waals surface area contributed by atoms with E-state index in [4.69, 9.17) is 4.99 Å². The van der Waals surface area contributed by atoms with Gasteiger partial charge in [0.2, 0.25) is 5.96 Å². The summed E-state index contributed by atoms with van der Waals surface area (Å²) in [6.07, 6.45) is 2.48. The number of nitrogens with zero attached hydrogens (tertiary/aromatic N) is 4. The molecule has 0 amide bonds. The van der Waals surface area contributed by atoms with Crippen LogP contribution in [0.15, 0.2) is 29.3 Å². The van der Waals surface area contributed by atoms with Crippen molar-refractivity contribution in [3.05, 3.63) is 41.0 Å². The summed E-state index contributed by atoms with van der Waals surface area (Å²) in [4.78, 5) is 9.82. The molecule has 0 N–H and O–H groups in total. The number of aliphatic imine (C=N–C) groups is 1. The lowest BCUT2D eigenvalue weighted by Crippen LogP contribution is -2.40. The fourth-order valence-corrected chi connectivity index (χ4v) is 5.11. The molecule has 0 aliphatic carbocycles. The zero-order valence-corrected chi connectivity index (χ0v) is 16.8. The van der Waals surface area contributed by atoms with Gasteiger partial charge < -0.3 is 14.4 Å². The molecule has 2 aliphatic rings. The zero-order chi connectivity index (χ0) is 18.7. The SMILES string of the molecule is Cc1cccc2c1c1c(C)cc(N3CCCCN4CCN=C43)c(C)c1n2C. The van der Waals surface area contributed by atoms with E-state index in [-0.39, 0.29) is 0 Å². The summed E-state index contributed by atoms with van der Waals surface area (Å²) in [5.41, 5.74) is 8.10. The van der Waals surface area contributed by atoms with Crippen LogP contribution in [-0.2, 0) is 7.05 Å². The van der Waals surface area contributed by atoms with Crippen LogP contribution in [0.2, 0.25) is 0 Å². The molecule has 1 aromatic heterocycles. The molecule has 0 radical (unpaired) electrons. The molecule has 27 heavy (non-hydrogen) atoms. The molecule has 0 spiro atoms. The van der Waals surface area contributed by atoms with E-state index in [1.165, 1.54) is 63.0 Å². The maximum Gasteiger partial charge on any atom is 0.201 e. The summed E-state index contributed by atoms with van der Waals surface area (Å²) in [6, 6.07) is 9.04. The highest BCUT2D eigenvalue weighted by atomic mass is 15.4. The fraction of sp³-hybridized carbons (Fsp3) is 0.435. The second kappa shape index (κ2) is 6.01. The van der Waals surface area contributed by atoms with E-state index >= 15 is 0 Å². The van der Waals surface area contributed by atoms with Crippen LogP contribution in [0.4, 0.5) is 5.69 Å². The number of hydrogen-bond donors (Lipinski definition) is 0. The summed E-state index contributed by atoms with van der Waals surface area (Å²) in [5, 5.41) is 2.81. The van der Waals surface area contributed by atoms with Crippen molar-refractivity contribution in [1.82, 2.24) is 9.47 Å². The van der Waals surface area contributed by atoms with Crippen LogP contribution in [0.25, 0.3) is 21.8 Å². The Morgan fingerprint density at radius 3 is 2.59 bits per heavy atom. The third-order valence-corrected chi connectivity index (χ3v) is 6.42. The average molecular weight is 361 g/mol. The quantitative estimate of drug-likeness (QED) is 0.637. The molecule has 1 fully saturated rings. The van der Waals surface area contributed by atoms with Crippen LogP contribution < -0.4 is 4.90 Å². The summed E-state index contributed by atoms with van der Waals surface area (Å²) in [6.45, 7) is 11.0. The number of anilines is 1. The van der Waals surface area contributed by atoms with Gasteiger partial charge in [0.05, 0.1) is 12.1 Å². The fourth-order valence-electron chi connectivity index (χ4n) is 5.11. The molecular formula is C23H28N4. The number of fused-ring (bicyclic) bond motifs is 4. The van der Waals surface area contributed by atoms with E-state index < -0.39 is 0 Å². The molecule has 2 aromatic carbocycles. The van der Waals surface area contributed by atoms with Gasteiger partial charge in [-0.2, -0.15) is 0 Å². The summed E-state index contributed by atoms with van der Waals surface area (Å²) >= 11 is 0. The summed E-state index contributed by atoms with van der Waals surface area (Å²) in [7, 11) is 2.21. The Morgan fingerprint density at radius 1 is 0.926 bits per heavy atom. The third-order valence-electron chi connectivity index (χ3n) is 6.42. The van der Waals surface area contributed by atoms with Gasteiger partial charge >= 0.3 is 0 Å². The third kappa shape index (κ3) is 2.32. The van der Waals surface area contributed by atoms with Crippen molar-refractivity contribution < 1.29 is 0 Å². The van der Waals surface area contributed by atoms with E-state index in [2.05, 4.69) is 66.5 Å². The van der Waals surface area contributed by atoms with Crippen LogP contribution >= 0.6 is 0 Å². The van der Waals surface area contributed by atoms with Gasteiger partial charge in [-0.15, -0.1) is 0 Å². The number of aryl methyl sites for hydroxylation is 4. The molecule has 0 unspecified atom stereocenters. The smallest absolute Gasteiger partial charge is 0.201 e. The van der Waals surface area contributed by atoms with Gasteiger partial charge in [-0.1, -0.05) is 12.1 Å². The summed E-state index contributed by atoms with van der Waals surface area (Å²) < 4.78 is 2.38. The van der Waals surface area contributed by atoms with Crippen LogP contribution in [0.3, 0.4) is 0 Å². The highest BCUT2D eigenvalue weighted by molar-refractivity contribution is 6.14. The Labute approximate surface area is 161 Å². The number of aromatic nitrogens is 1.